The van der Waals surface area contributed by atoms with Crippen LogP contribution in [-0.2, 0) is 22.6 Å². The molecular weight excluding hydrogens is 667 g/mol. The van der Waals surface area contributed by atoms with Gasteiger partial charge in [0.25, 0.3) is 6.43 Å². The summed E-state index contributed by atoms with van der Waals surface area (Å²) in [5.74, 6) is -2.93. The summed E-state index contributed by atoms with van der Waals surface area (Å²) in [6.07, 6.45) is -1.27. The molecule has 12 heteroatoms. The zero-order chi connectivity index (χ0) is 35.9. The molecule has 3 aliphatic rings. The monoisotopic (exact) mass is 708 g/mol. The van der Waals surface area contributed by atoms with Crippen molar-refractivity contribution in [1.82, 2.24) is 20.1 Å². The molecule has 3 fully saturated rings. The first-order valence-corrected chi connectivity index (χ1v) is 17.7. The number of pyridine rings is 1. The molecule has 2 N–H and O–H groups in total. The standard InChI is InChI=1S/C39H41F5N4O3/c40-34(41)23-47-18-16-38(17-19-47,39(42,43)44)37(51)46-33(36(49)50)20-24-6-3-12-30-28(24)11-5-13-32(30)35-31-10-2-1-9-29(31)25(21-45-35)22-48-26-7-4-8-27(48)15-14-26/h1-3,5-6,9-13,21,26-27,33-34H,4,7-8,14-20,22-23H2,(H,46,51)(H,49,50)/t26?,27?,33-/m0/s1. The number of nitrogens with zero attached hydrogens (tertiary/aromatic N) is 3. The topological polar surface area (TPSA) is 85.8 Å². The van der Waals surface area contributed by atoms with E-state index in [-0.39, 0.29) is 19.5 Å². The zero-order valence-corrected chi connectivity index (χ0v) is 28.1. The summed E-state index contributed by atoms with van der Waals surface area (Å²) in [7, 11) is 0. The molecule has 1 amide bonds. The van der Waals surface area contributed by atoms with E-state index in [0.29, 0.717) is 23.0 Å². The lowest BCUT2D eigenvalue weighted by atomic mass is 9.76. The molecule has 4 aromatic rings. The summed E-state index contributed by atoms with van der Waals surface area (Å²) in [6, 6.07) is 18.8. The van der Waals surface area contributed by atoms with Gasteiger partial charge in [0.15, 0.2) is 0 Å². The molecule has 4 heterocycles. The van der Waals surface area contributed by atoms with Crippen molar-refractivity contribution in [2.24, 2.45) is 5.41 Å². The maximum Gasteiger partial charge on any atom is 0.403 e. The van der Waals surface area contributed by atoms with Gasteiger partial charge in [-0.1, -0.05) is 67.1 Å². The smallest absolute Gasteiger partial charge is 0.403 e. The molecule has 51 heavy (non-hydrogen) atoms. The Hall–Kier alpha value is -4.16. The van der Waals surface area contributed by atoms with Crippen LogP contribution in [0.15, 0.2) is 66.9 Å². The van der Waals surface area contributed by atoms with Crippen LogP contribution in [0.4, 0.5) is 22.0 Å². The number of halogens is 5. The van der Waals surface area contributed by atoms with E-state index in [1.165, 1.54) is 42.6 Å². The van der Waals surface area contributed by atoms with Crippen LogP contribution in [0.25, 0.3) is 32.8 Å². The number of carboxylic acids is 1. The van der Waals surface area contributed by atoms with Crippen LogP contribution >= 0.6 is 0 Å². The van der Waals surface area contributed by atoms with Crippen LogP contribution < -0.4 is 5.32 Å². The van der Waals surface area contributed by atoms with Crippen LogP contribution in [0.1, 0.15) is 56.1 Å². The van der Waals surface area contributed by atoms with Crippen molar-refractivity contribution in [2.45, 2.75) is 88.6 Å². The van der Waals surface area contributed by atoms with Gasteiger partial charge in [-0.2, -0.15) is 13.2 Å². The number of carboxylic acid groups (broad SMARTS) is 1. The van der Waals surface area contributed by atoms with Gasteiger partial charge < -0.3 is 10.4 Å². The fraction of sp³-hybridized carbons (Fsp3) is 0.462. The Balaban J connectivity index is 1.17. The first-order valence-electron chi connectivity index (χ1n) is 17.7. The normalized spacial score (nSPS) is 21.7. The summed E-state index contributed by atoms with van der Waals surface area (Å²) in [4.78, 5) is 34.6. The molecule has 270 valence electrons. The Morgan fingerprint density at radius 1 is 0.863 bits per heavy atom. The number of amides is 1. The third kappa shape index (κ3) is 6.80. The highest BCUT2D eigenvalue weighted by atomic mass is 19.4. The number of alkyl halides is 5. The van der Waals surface area contributed by atoms with Gasteiger partial charge in [0.1, 0.15) is 11.5 Å². The van der Waals surface area contributed by atoms with Crippen LogP contribution in [0.3, 0.4) is 0 Å². The van der Waals surface area contributed by atoms with E-state index in [1.807, 2.05) is 42.6 Å². The van der Waals surface area contributed by atoms with Crippen LogP contribution in [-0.4, -0.2) is 82.1 Å². The van der Waals surface area contributed by atoms with Gasteiger partial charge in [0.2, 0.25) is 5.91 Å². The number of hydrogen-bond acceptors (Lipinski definition) is 5. The Morgan fingerprint density at radius 3 is 2.16 bits per heavy atom. The van der Waals surface area contributed by atoms with E-state index in [9.17, 15) is 36.6 Å². The molecule has 2 unspecified atom stereocenters. The molecule has 3 saturated heterocycles. The minimum absolute atomic E-state index is 0.265. The second-order valence-electron chi connectivity index (χ2n) is 14.3. The van der Waals surface area contributed by atoms with E-state index in [1.54, 1.807) is 12.1 Å². The fourth-order valence-electron chi connectivity index (χ4n) is 8.70. The lowest BCUT2D eigenvalue weighted by molar-refractivity contribution is -0.233. The van der Waals surface area contributed by atoms with Gasteiger partial charge in [0, 0.05) is 42.2 Å². The molecule has 0 saturated carbocycles. The second-order valence-corrected chi connectivity index (χ2v) is 14.3. The quantitative estimate of drug-likeness (QED) is 0.165. The number of benzene rings is 3. The van der Waals surface area contributed by atoms with Crippen molar-refractivity contribution in [1.29, 1.82) is 0 Å². The highest BCUT2D eigenvalue weighted by molar-refractivity contribution is 6.05. The number of likely N-dealkylation sites (tertiary alicyclic amines) is 1. The molecule has 1 aromatic heterocycles. The van der Waals surface area contributed by atoms with E-state index in [2.05, 4.69) is 22.3 Å². The average molecular weight is 709 g/mol. The molecule has 7 rings (SSSR count). The summed E-state index contributed by atoms with van der Waals surface area (Å²) in [5.41, 5.74) is 0.434. The van der Waals surface area contributed by atoms with Crippen molar-refractivity contribution in [3.05, 3.63) is 78.0 Å². The van der Waals surface area contributed by atoms with Gasteiger partial charge in [-0.05, 0) is 78.9 Å². The Kier molecular flexibility index (Phi) is 9.75. The van der Waals surface area contributed by atoms with Crippen molar-refractivity contribution in [2.75, 3.05) is 19.6 Å². The highest BCUT2D eigenvalue weighted by Crippen LogP contribution is 2.47. The van der Waals surface area contributed by atoms with E-state index in [4.69, 9.17) is 4.98 Å². The van der Waals surface area contributed by atoms with Gasteiger partial charge in [0.05, 0.1) is 12.2 Å². The summed E-state index contributed by atoms with van der Waals surface area (Å²) in [5, 5.41) is 15.9. The molecule has 0 radical (unpaired) electrons. The van der Waals surface area contributed by atoms with Crippen molar-refractivity contribution < 1.29 is 36.6 Å². The van der Waals surface area contributed by atoms with Crippen LogP contribution in [0, 0.1) is 5.41 Å². The highest BCUT2D eigenvalue weighted by Gasteiger charge is 2.61. The van der Waals surface area contributed by atoms with Crippen molar-refractivity contribution >= 4 is 33.4 Å². The molecule has 3 atom stereocenters. The molecule has 2 bridgehead atoms. The SMILES string of the molecule is O=C(O)[C@H](Cc1cccc2c(-c3ncc(CN4C5CCCC4CC5)c4ccccc34)cccc12)NC(=O)C1(C(F)(F)F)CCN(CC(F)F)CC1. The van der Waals surface area contributed by atoms with E-state index >= 15 is 0 Å². The zero-order valence-electron chi connectivity index (χ0n) is 28.1. The number of piperidine rings is 2. The minimum Gasteiger partial charge on any atom is -0.480 e. The number of nitrogens with one attached hydrogen (secondary N) is 1. The number of aliphatic carboxylic acids is 1. The first-order chi connectivity index (χ1) is 24.4. The Morgan fingerprint density at radius 2 is 1.49 bits per heavy atom. The summed E-state index contributed by atoms with van der Waals surface area (Å²) >= 11 is 0. The molecule has 3 aromatic carbocycles. The minimum atomic E-state index is -5.00. The molecule has 0 aliphatic carbocycles. The molecule has 3 aliphatic heterocycles. The lowest BCUT2D eigenvalue weighted by Crippen LogP contribution is -2.59. The lowest BCUT2D eigenvalue weighted by Gasteiger charge is -2.41. The number of hydrogen-bond donors (Lipinski definition) is 2. The predicted molar refractivity (Wildman–Crippen MR) is 184 cm³/mol. The Bertz CT molecular complexity index is 1910. The number of carbonyl (C=O) groups is 2. The molecule has 7 nitrogen and oxygen atoms in total. The summed E-state index contributed by atoms with van der Waals surface area (Å²) in [6.45, 7) is -0.561. The summed E-state index contributed by atoms with van der Waals surface area (Å²) < 4.78 is 69.1. The Labute approximate surface area is 292 Å². The molecule has 0 spiro atoms. The van der Waals surface area contributed by atoms with E-state index < -0.39 is 55.3 Å². The largest absolute Gasteiger partial charge is 0.480 e. The maximum absolute atomic E-state index is 14.4. The van der Waals surface area contributed by atoms with Gasteiger partial charge in [-0.15, -0.1) is 0 Å². The first kappa shape index (κ1) is 35.3. The third-order valence-electron chi connectivity index (χ3n) is 11.5. The third-order valence-corrected chi connectivity index (χ3v) is 11.5. The molecular formula is C39H41F5N4O3. The van der Waals surface area contributed by atoms with Gasteiger partial charge >= 0.3 is 12.1 Å². The van der Waals surface area contributed by atoms with Gasteiger partial charge in [-0.3, -0.25) is 19.6 Å². The number of fused-ring (bicyclic) bond motifs is 4. The van der Waals surface area contributed by atoms with Gasteiger partial charge in [-0.25, -0.2) is 13.6 Å². The average Bonchev–Trinajstić information content (AvgIpc) is 3.30. The number of aromatic nitrogens is 1. The number of carbonyl (C=O) groups excluding carboxylic acids is 1. The fourth-order valence-corrected chi connectivity index (χ4v) is 8.70. The second kappa shape index (κ2) is 14.1. The van der Waals surface area contributed by atoms with Crippen molar-refractivity contribution in [3.63, 3.8) is 0 Å². The predicted octanol–water partition coefficient (Wildman–Crippen LogP) is 7.59. The maximum atomic E-state index is 14.4. The van der Waals surface area contributed by atoms with Crippen molar-refractivity contribution in [3.8, 4) is 11.3 Å². The van der Waals surface area contributed by atoms with Crippen LogP contribution in [0.2, 0.25) is 0 Å². The van der Waals surface area contributed by atoms with E-state index in [0.717, 1.165) is 34.0 Å². The number of rotatable bonds is 10. The van der Waals surface area contributed by atoms with Crippen LogP contribution in [0.5, 0.6) is 0 Å².